The van der Waals surface area contributed by atoms with E-state index in [0.717, 1.165) is 39.7 Å². The summed E-state index contributed by atoms with van der Waals surface area (Å²) in [4.78, 5) is 4.84. The molecule has 0 atom stereocenters. The van der Waals surface area contributed by atoms with Crippen LogP contribution in [0.2, 0.25) is 0 Å². The maximum atomic E-state index is 2.46. The van der Waals surface area contributed by atoms with E-state index in [4.69, 9.17) is 0 Å². The molecule has 0 spiro atoms. The third-order valence-electron chi connectivity index (χ3n) is 12.8. The molecule has 0 unspecified atom stereocenters. The van der Waals surface area contributed by atoms with Crippen LogP contribution < -0.4 is 9.80 Å². The molecule has 0 N–H and O–H groups in total. The largest absolute Gasteiger partial charge is 0.310 e. The van der Waals surface area contributed by atoms with Gasteiger partial charge in [-0.25, -0.2) is 0 Å². The summed E-state index contributed by atoms with van der Waals surface area (Å²) in [5.41, 5.74) is 18.7. The lowest BCUT2D eigenvalue weighted by Gasteiger charge is -2.31. The van der Waals surface area contributed by atoms with Gasteiger partial charge < -0.3 is 9.80 Å². The summed E-state index contributed by atoms with van der Waals surface area (Å²) in [5.74, 6) is 0. The van der Waals surface area contributed by atoms with Gasteiger partial charge in [-0.05, 0) is 133 Å². The Bertz CT molecular complexity index is 3190. The lowest BCUT2D eigenvalue weighted by atomic mass is 9.82. The fourth-order valence-electron chi connectivity index (χ4n) is 9.75. The smallest absolute Gasteiger partial charge is 0.0488 e. The molecule has 10 aromatic carbocycles. The van der Waals surface area contributed by atoms with Gasteiger partial charge in [0, 0.05) is 39.5 Å². The van der Waals surface area contributed by atoms with Gasteiger partial charge in [-0.2, -0.15) is 0 Å². The fraction of sp³-hybridized carbons (Fsp3) is 0.0492. The minimum atomic E-state index is -0.162. The maximum absolute atomic E-state index is 2.46. The third kappa shape index (κ3) is 6.87. The molecule has 300 valence electrons. The van der Waals surface area contributed by atoms with Crippen molar-refractivity contribution in [3.05, 3.63) is 254 Å². The van der Waals surface area contributed by atoms with E-state index in [2.05, 4.69) is 266 Å². The van der Waals surface area contributed by atoms with Gasteiger partial charge in [0.25, 0.3) is 0 Å². The molecule has 0 aliphatic heterocycles. The van der Waals surface area contributed by atoms with Gasteiger partial charge in [-0.3, -0.25) is 0 Å². The molecule has 10 aromatic rings. The van der Waals surface area contributed by atoms with Crippen molar-refractivity contribution in [2.75, 3.05) is 9.80 Å². The Hall–Kier alpha value is -7.94. The van der Waals surface area contributed by atoms with Crippen molar-refractivity contribution in [1.29, 1.82) is 0 Å². The van der Waals surface area contributed by atoms with Crippen LogP contribution >= 0.6 is 0 Å². The highest BCUT2D eigenvalue weighted by molar-refractivity contribution is 6.05. The Morgan fingerprint density at radius 2 is 0.762 bits per heavy atom. The van der Waals surface area contributed by atoms with E-state index < -0.39 is 0 Å². The predicted molar refractivity (Wildman–Crippen MR) is 267 cm³/mol. The van der Waals surface area contributed by atoms with Gasteiger partial charge in [-0.1, -0.05) is 190 Å². The molecule has 0 aromatic heterocycles. The Balaban J connectivity index is 1.19. The molecule has 0 saturated carbocycles. The molecule has 0 radical (unpaired) electrons. The number of anilines is 6. The van der Waals surface area contributed by atoms with Crippen molar-refractivity contribution in [1.82, 2.24) is 0 Å². The summed E-state index contributed by atoms with van der Waals surface area (Å²) in [5, 5.41) is 2.44. The Labute approximate surface area is 370 Å². The van der Waals surface area contributed by atoms with E-state index in [1.54, 1.807) is 0 Å². The molecule has 0 fully saturated rings. The number of nitrogens with zero attached hydrogens (tertiary/aromatic N) is 2. The second-order valence-corrected chi connectivity index (χ2v) is 17.0. The number of hydrogen-bond donors (Lipinski definition) is 0. The zero-order chi connectivity index (χ0) is 42.3. The molecule has 2 heteroatoms. The number of rotatable bonds is 9. The van der Waals surface area contributed by atoms with Crippen molar-refractivity contribution >= 4 is 44.9 Å². The summed E-state index contributed by atoms with van der Waals surface area (Å²) in [6.45, 7) is 4.73. The van der Waals surface area contributed by atoms with E-state index in [0.29, 0.717) is 0 Å². The first-order valence-corrected chi connectivity index (χ1v) is 21.8. The lowest BCUT2D eigenvalue weighted by molar-refractivity contribution is 0.660. The summed E-state index contributed by atoms with van der Waals surface area (Å²) < 4.78 is 0. The minimum Gasteiger partial charge on any atom is -0.310 e. The average molecular weight is 807 g/mol. The standard InChI is InChI=1S/C61H46N2/c1-61(2)58-30-18-17-29-56(58)57-38-36-51(42-59(57)61)63(50-34-31-44(32-35-50)43-19-7-3-8-20-43)53-40-47(39-52(41-53)62(48-24-11-5-12-25-48)49-26-13-6-14-27-49)55-37-33-45-21-15-16-28-54(45)60(55)46-22-9-4-10-23-46/h3-42H,1-2H3. The molecule has 63 heavy (non-hydrogen) atoms. The predicted octanol–water partition coefficient (Wildman–Crippen LogP) is 17.1. The highest BCUT2D eigenvalue weighted by atomic mass is 15.2. The summed E-state index contributed by atoms with van der Waals surface area (Å²) >= 11 is 0. The SMILES string of the molecule is CC1(C)c2ccccc2-c2ccc(N(c3ccc(-c4ccccc4)cc3)c3cc(-c4ccc5ccccc5c4-c4ccccc4)cc(N(c4ccccc4)c4ccccc4)c3)cc21. The molecule has 1 aliphatic carbocycles. The van der Waals surface area contributed by atoms with Crippen molar-refractivity contribution in [2.45, 2.75) is 19.3 Å². The van der Waals surface area contributed by atoms with Crippen molar-refractivity contribution in [3.63, 3.8) is 0 Å². The highest BCUT2D eigenvalue weighted by Gasteiger charge is 2.36. The Morgan fingerprint density at radius 1 is 0.286 bits per heavy atom. The van der Waals surface area contributed by atoms with Crippen LogP contribution in [0, 0.1) is 0 Å². The second kappa shape index (κ2) is 15.8. The van der Waals surface area contributed by atoms with Crippen LogP contribution in [-0.4, -0.2) is 0 Å². The maximum Gasteiger partial charge on any atom is 0.0488 e. The van der Waals surface area contributed by atoms with E-state index in [1.807, 2.05) is 0 Å². The van der Waals surface area contributed by atoms with E-state index in [9.17, 15) is 0 Å². The monoisotopic (exact) mass is 806 g/mol. The van der Waals surface area contributed by atoms with Gasteiger partial charge in [0.15, 0.2) is 0 Å². The Kier molecular flexibility index (Phi) is 9.55. The number of benzene rings is 10. The van der Waals surface area contributed by atoms with Crippen molar-refractivity contribution in [3.8, 4) is 44.5 Å². The Morgan fingerprint density at radius 3 is 1.43 bits per heavy atom. The van der Waals surface area contributed by atoms with Crippen molar-refractivity contribution in [2.24, 2.45) is 0 Å². The first kappa shape index (κ1) is 38.0. The van der Waals surface area contributed by atoms with Crippen molar-refractivity contribution < 1.29 is 0 Å². The van der Waals surface area contributed by atoms with Crippen LogP contribution in [0.4, 0.5) is 34.1 Å². The number of hydrogen-bond acceptors (Lipinski definition) is 2. The molecule has 11 rings (SSSR count). The highest BCUT2D eigenvalue weighted by Crippen LogP contribution is 2.52. The average Bonchev–Trinajstić information content (AvgIpc) is 3.58. The van der Waals surface area contributed by atoms with Crippen LogP contribution in [0.15, 0.2) is 243 Å². The zero-order valence-corrected chi connectivity index (χ0v) is 35.5. The van der Waals surface area contributed by atoms with E-state index in [1.165, 1.54) is 60.8 Å². The van der Waals surface area contributed by atoms with Gasteiger partial charge >= 0.3 is 0 Å². The van der Waals surface area contributed by atoms with Gasteiger partial charge in [-0.15, -0.1) is 0 Å². The topological polar surface area (TPSA) is 6.48 Å². The summed E-state index contributed by atoms with van der Waals surface area (Å²) in [6.07, 6.45) is 0. The fourth-order valence-corrected chi connectivity index (χ4v) is 9.75. The van der Waals surface area contributed by atoms with Gasteiger partial charge in [0.1, 0.15) is 0 Å². The number of para-hydroxylation sites is 2. The summed E-state index contributed by atoms with van der Waals surface area (Å²) in [7, 11) is 0. The molecule has 0 saturated heterocycles. The normalized spacial score (nSPS) is 12.4. The van der Waals surface area contributed by atoms with Crippen LogP contribution in [0.3, 0.4) is 0 Å². The molecule has 1 aliphatic rings. The van der Waals surface area contributed by atoms with Crippen LogP contribution in [-0.2, 0) is 5.41 Å². The van der Waals surface area contributed by atoms with Gasteiger partial charge in [0.05, 0.1) is 0 Å². The molecular weight excluding hydrogens is 761 g/mol. The number of fused-ring (bicyclic) bond motifs is 4. The molecule has 0 heterocycles. The summed E-state index contributed by atoms with van der Waals surface area (Å²) in [6, 6.07) is 88.5. The lowest BCUT2D eigenvalue weighted by Crippen LogP contribution is -2.17. The minimum absolute atomic E-state index is 0.162. The first-order valence-electron chi connectivity index (χ1n) is 21.8. The quantitative estimate of drug-likeness (QED) is 0.143. The van der Waals surface area contributed by atoms with Crippen LogP contribution in [0.1, 0.15) is 25.0 Å². The molecular formula is C61H46N2. The van der Waals surface area contributed by atoms with E-state index >= 15 is 0 Å². The van der Waals surface area contributed by atoms with Gasteiger partial charge in [0.2, 0.25) is 0 Å². The van der Waals surface area contributed by atoms with Crippen LogP contribution in [0.25, 0.3) is 55.3 Å². The third-order valence-corrected chi connectivity index (χ3v) is 12.8. The molecule has 0 amide bonds. The van der Waals surface area contributed by atoms with E-state index in [-0.39, 0.29) is 5.41 Å². The second-order valence-electron chi connectivity index (χ2n) is 17.0. The van der Waals surface area contributed by atoms with Crippen LogP contribution in [0.5, 0.6) is 0 Å². The molecule has 0 bridgehead atoms. The zero-order valence-electron chi connectivity index (χ0n) is 35.5. The first-order chi connectivity index (χ1) is 31.0. The molecule has 2 nitrogen and oxygen atoms in total.